The number of amides is 1. The molecule has 0 fully saturated rings. The lowest BCUT2D eigenvalue weighted by Gasteiger charge is -2.17. The summed E-state index contributed by atoms with van der Waals surface area (Å²) in [7, 11) is 0. The lowest BCUT2D eigenvalue weighted by molar-refractivity contribution is -0.138. The molecule has 1 N–H and O–H groups in total. The summed E-state index contributed by atoms with van der Waals surface area (Å²) >= 11 is 6.20. The van der Waals surface area contributed by atoms with Crippen molar-refractivity contribution in [3.05, 3.63) is 58.6 Å². The van der Waals surface area contributed by atoms with Gasteiger partial charge in [0.25, 0.3) is 5.91 Å². The maximum Gasteiger partial charge on any atom is 0.416 e. The van der Waals surface area contributed by atoms with Gasteiger partial charge in [-0.1, -0.05) is 102 Å². The van der Waals surface area contributed by atoms with Gasteiger partial charge in [-0.25, -0.2) is 4.79 Å². The van der Waals surface area contributed by atoms with Crippen molar-refractivity contribution >= 4 is 34.9 Å². The highest BCUT2D eigenvalue weighted by molar-refractivity contribution is 6.34. The van der Waals surface area contributed by atoms with Crippen LogP contribution >= 0.6 is 11.6 Å². The van der Waals surface area contributed by atoms with E-state index in [1.54, 1.807) is 0 Å². The van der Waals surface area contributed by atoms with Crippen LogP contribution in [0.15, 0.2) is 42.5 Å². The summed E-state index contributed by atoms with van der Waals surface area (Å²) in [5, 5.41) is 2.57. The van der Waals surface area contributed by atoms with Crippen molar-refractivity contribution < 1.29 is 37.0 Å². The third kappa shape index (κ3) is 14.1. The molecule has 1 unspecified atom stereocenters. The first kappa shape index (κ1) is 37.1. The molecule has 0 aliphatic rings. The standard InChI is InChI=1S/C34H45ClF3NO5/c1-3-4-5-6-7-8-9-10-11-12-13-14-15-16-23-43-33(42)26-17-22-29(35)30(24-26)39-32(41)31(25(2)40)44-28-20-18-27(19-21-28)34(36,37)38/h17-22,24,31H,3-16,23H2,1-2H3,(H,39,41). The number of alkyl halides is 3. The Hall–Kier alpha value is -3.07. The van der Waals surface area contributed by atoms with Gasteiger partial charge < -0.3 is 14.8 Å². The van der Waals surface area contributed by atoms with Crippen LogP contribution in [0.2, 0.25) is 5.02 Å². The van der Waals surface area contributed by atoms with Crippen LogP contribution < -0.4 is 10.1 Å². The van der Waals surface area contributed by atoms with E-state index < -0.39 is 35.5 Å². The molecule has 6 nitrogen and oxygen atoms in total. The van der Waals surface area contributed by atoms with Crippen molar-refractivity contribution in [3.63, 3.8) is 0 Å². The molecule has 0 spiro atoms. The highest BCUT2D eigenvalue weighted by atomic mass is 35.5. The summed E-state index contributed by atoms with van der Waals surface area (Å²) in [6.07, 6.45) is 11.0. The monoisotopic (exact) mass is 639 g/mol. The highest BCUT2D eigenvalue weighted by Gasteiger charge is 2.31. The lowest BCUT2D eigenvalue weighted by Crippen LogP contribution is -2.38. The van der Waals surface area contributed by atoms with Crippen LogP contribution in [0.3, 0.4) is 0 Å². The van der Waals surface area contributed by atoms with Crippen LogP contribution in [-0.2, 0) is 20.5 Å². The molecule has 2 aromatic carbocycles. The molecule has 0 radical (unpaired) electrons. The number of ether oxygens (including phenoxy) is 2. The molecular weight excluding hydrogens is 595 g/mol. The third-order valence-electron chi connectivity index (χ3n) is 7.23. The van der Waals surface area contributed by atoms with Gasteiger partial charge in [-0.05, 0) is 55.8 Å². The predicted octanol–water partition coefficient (Wildman–Crippen LogP) is 9.97. The van der Waals surface area contributed by atoms with Crippen LogP contribution in [0.4, 0.5) is 18.9 Å². The number of ketones is 1. The topological polar surface area (TPSA) is 81.7 Å². The number of rotatable bonds is 21. The smallest absolute Gasteiger partial charge is 0.416 e. The van der Waals surface area contributed by atoms with Crippen LogP contribution in [0.25, 0.3) is 0 Å². The zero-order valence-corrected chi connectivity index (χ0v) is 26.5. The number of carbonyl (C=O) groups excluding carboxylic acids is 3. The fraction of sp³-hybridized carbons (Fsp3) is 0.559. The van der Waals surface area contributed by atoms with Gasteiger partial charge in [0, 0.05) is 0 Å². The zero-order chi connectivity index (χ0) is 32.4. The van der Waals surface area contributed by atoms with Gasteiger partial charge in [-0.3, -0.25) is 9.59 Å². The normalized spacial score (nSPS) is 12.0. The molecule has 0 saturated carbocycles. The fourth-order valence-corrected chi connectivity index (χ4v) is 4.84. The first-order chi connectivity index (χ1) is 21.0. The van der Waals surface area contributed by atoms with E-state index in [2.05, 4.69) is 12.2 Å². The van der Waals surface area contributed by atoms with Crippen LogP contribution in [0.5, 0.6) is 5.75 Å². The Morgan fingerprint density at radius 3 is 1.82 bits per heavy atom. The second-order valence-corrected chi connectivity index (χ2v) is 11.5. The Morgan fingerprint density at radius 1 is 0.795 bits per heavy atom. The number of hydrogen-bond acceptors (Lipinski definition) is 5. The van der Waals surface area contributed by atoms with E-state index in [4.69, 9.17) is 21.1 Å². The van der Waals surface area contributed by atoms with E-state index in [9.17, 15) is 27.6 Å². The Balaban J connectivity index is 1.73. The number of nitrogens with one attached hydrogen (secondary N) is 1. The summed E-state index contributed by atoms with van der Waals surface area (Å²) in [5.41, 5.74) is -0.670. The molecule has 0 saturated heterocycles. The Morgan fingerprint density at radius 2 is 1.32 bits per heavy atom. The number of halogens is 4. The second kappa shape index (κ2) is 20.1. The van der Waals surface area contributed by atoms with E-state index in [1.807, 2.05) is 0 Å². The molecule has 2 aromatic rings. The van der Waals surface area contributed by atoms with Crippen LogP contribution in [0.1, 0.15) is 120 Å². The minimum Gasteiger partial charge on any atom is -0.473 e. The number of Topliss-reactive ketones (excluding diaryl/α,β-unsaturated/α-hetero) is 1. The van der Waals surface area contributed by atoms with Crippen molar-refractivity contribution in [2.45, 2.75) is 116 Å². The molecule has 0 aromatic heterocycles. The fourth-order valence-electron chi connectivity index (χ4n) is 4.67. The quantitative estimate of drug-likeness (QED) is 0.0835. The SMILES string of the molecule is CCCCCCCCCCCCCCCCOC(=O)c1ccc(Cl)c(NC(=O)C(Oc2ccc(C(F)(F)F)cc2)C(C)=O)c1. The number of unbranched alkanes of at least 4 members (excludes halogenated alkanes) is 13. The Bertz CT molecular complexity index is 1170. The number of anilines is 1. The van der Waals surface area contributed by atoms with Gasteiger partial charge in [0.1, 0.15) is 5.75 Å². The number of esters is 1. The van der Waals surface area contributed by atoms with Crippen LogP contribution in [-0.4, -0.2) is 30.4 Å². The summed E-state index contributed by atoms with van der Waals surface area (Å²) in [6.45, 7) is 3.62. The summed E-state index contributed by atoms with van der Waals surface area (Å²) < 4.78 is 49.2. The zero-order valence-electron chi connectivity index (χ0n) is 25.8. The number of carbonyl (C=O) groups is 3. The summed E-state index contributed by atoms with van der Waals surface area (Å²) in [6, 6.07) is 7.83. The third-order valence-corrected chi connectivity index (χ3v) is 7.56. The maximum atomic E-state index is 12.8. The van der Waals surface area contributed by atoms with E-state index in [1.165, 1.54) is 88.8 Å². The Kier molecular flexibility index (Phi) is 16.9. The largest absolute Gasteiger partial charge is 0.473 e. The van der Waals surface area contributed by atoms with Gasteiger partial charge >= 0.3 is 12.1 Å². The van der Waals surface area contributed by atoms with E-state index in [0.717, 1.165) is 50.5 Å². The maximum absolute atomic E-state index is 12.8. The van der Waals surface area contributed by atoms with Gasteiger partial charge in [-0.2, -0.15) is 13.2 Å². The minimum atomic E-state index is -4.54. The minimum absolute atomic E-state index is 0.0601. The summed E-state index contributed by atoms with van der Waals surface area (Å²) in [5.74, 6) is -2.24. The van der Waals surface area contributed by atoms with Crippen molar-refractivity contribution in [1.29, 1.82) is 0 Å². The van der Waals surface area contributed by atoms with Gasteiger partial charge in [-0.15, -0.1) is 0 Å². The van der Waals surface area contributed by atoms with E-state index in [0.29, 0.717) is 0 Å². The molecule has 1 atom stereocenters. The average molecular weight is 640 g/mol. The molecule has 0 aliphatic carbocycles. The number of hydrogen-bond donors (Lipinski definition) is 1. The Labute approximate surface area is 264 Å². The first-order valence-electron chi connectivity index (χ1n) is 15.6. The molecule has 44 heavy (non-hydrogen) atoms. The molecule has 0 bridgehead atoms. The lowest BCUT2D eigenvalue weighted by atomic mass is 10.0. The van der Waals surface area contributed by atoms with Crippen molar-refractivity contribution in [1.82, 2.24) is 0 Å². The van der Waals surface area contributed by atoms with E-state index >= 15 is 0 Å². The van der Waals surface area contributed by atoms with Crippen molar-refractivity contribution in [2.75, 3.05) is 11.9 Å². The average Bonchev–Trinajstić information content (AvgIpc) is 2.98. The summed E-state index contributed by atoms with van der Waals surface area (Å²) in [4.78, 5) is 37.5. The second-order valence-electron chi connectivity index (χ2n) is 11.0. The first-order valence-corrected chi connectivity index (χ1v) is 16.0. The molecule has 1 amide bonds. The predicted molar refractivity (Wildman–Crippen MR) is 167 cm³/mol. The van der Waals surface area contributed by atoms with Crippen molar-refractivity contribution in [3.8, 4) is 5.75 Å². The van der Waals surface area contributed by atoms with Gasteiger partial charge in [0.05, 0.1) is 28.4 Å². The highest BCUT2D eigenvalue weighted by Crippen LogP contribution is 2.31. The van der Waals surface area contributed by atoms with Crippen molar-refractivity contribution in [2.24, 2.45) is 0 Å². The van der Waals surface area contributed by atoms with Gasteiger partial charge in [0.2, 0.25) is 6.10 Å². The van der Waals surface area contributed by atoms with Gasteiger partial charge in [0.15, 0.2) is 5.78 Å². The molecule has 0 heterocycles. The molecule has 244 valence electrons. The van der Waals surface area contributed by atoms with Crippen LogP contribution in [0, 0.1) is 0 Å². The van der Waals surface area contributed by atoms with E-state index in [-0.39, 0.29) is 28.6 Å². The molecule has 10 heteroatoms. The molecule has 2 rings (SSSR count). The molecule has 0 aliphatic heterocycles. The molecular formula is C34H45ClF3NO5. The number of benzene rings is 2.